The number of alkyl halides is 5. The third kappa shape index (κ3) is 7.55. The van der Waals surface area contributed by atoms with Crippen molar-refractivity contribution in [2.24, 2.45) is 23.2 Å². The van der Waals surface area contributed by atoms with Gasteiger partial charge in [0, 0.05) is 6.42 Å². The number of hydrogen-bond donors (Lipinski definition) is 3. The molecule has 3 aliphatic carbocycles. The van der Waals surface area contributed by atoms with Crippen LogP contribution in [0, 0.1) is 23.2 Å². The fraction of sp³-hybridized carbons (Fsp3) is 0.758. The van der Waals surface area contributed by atoms with Gasteiger partial charge in [-0.05, 0) is 135 Å². The normalized spacial score (nSPS) is 30.8. The zero-order chi connectivity index (χ0) is 31.6. The van der Waals surface area contributed by atoms with Crippen LogP contribution >= 0.6 is 11.8 Å². The molecule has 3 aliphatic rings. The average Bonchev–Trinajstić information content (AvgIpc) is 3.17. The summed E-state index contributed by atoms with van der Waals surface area (Å²) < 4.78 is 62.7. The van der Waals surface area contributed by atoms with E-state index < -0.39 is 30.7 Å². The topological polar surface area (TPSA) is 63.9 Å². The van der Waals surface area contributed by atoms with Crippen molar-refractivity contribution in [3.63, 3.8) is 0 Å². The summed E-state index contributed by atoms with van der Waals surface area (Å²) in [6, 6.07) is 5.42. The maximum atomic E-state index is 13.0. The minimum atomic E-state index is -5.47. The SMILES string of the molecule is C=C1[C@H](O)CC2C3C(CC[C@]12C)c1ccc(O)cc1[C@@H](O)[C@H]3CCCCCN(C)CCCSCCCC(F)(F)C(F)(F)F. The minimum Gasteiger partial charge on any atom is -0.508 e. The molecule has 0 saturated heterocycles. The number of aromatic hydroxyl groups is 1. The lowest BCUT2D eigenvalue weighted by Crippen LogP contribution is -2.45. The summed E-state index contributed by atoms with van der Waals surface area (Å²) in [5.41, 5.74) is 2.80. The summed E-state index contributed by atoms with van der Waals surface area (Å²) in [5.74, 6) is -2.56. The van der Waals surface area contributed by atoms with E-state index in [2.05, 4.69) is 18.4 Å². The molecule has 1 aromatic carbocycles. The average molecular weight is 634 g/mol. The first-order valence-electron chi connectivity index (χ1n) is 15.8. The molecule has 1 aromatic rings. The number of nitrogens with zero attached hydrogens (tertiary/aromatic N) is 1. The Labute approximate surface area is 257 Å². The van der Waals surface area contributed by atoms with E-state index in [0.717, 1.165) is 80.5 Å². The molecule has 244 valence electrons. The highest BCUT2D eigenvalue weighted by Gasteiger charge is 2.58. The van der Waals surface area contributed by atoms with E-state index in [4.69, 9.17) is 0 Å². The first-order chi connectivity index (χ1) is 20.2. The van der Waals surface area contributed by atoms with Crippen LogP contribution in [0.1, 0.15) is 94.3 Å². The first kappa shape index (κ1) is 34.5. The van der Waals surface area contributed by atoms with E-state index in [1.54, 1.807) is 12.1 Å². The molecule has 0 aliphatic heterocycles. The second-order valence-electron chi connectivity index (χ2n) is 13.4. The molecule has 4 rings (SSSR count). The lowest BCUT2D eigenvalue weighted by Gasteiger charge is -2.53. The van der Waals surface area contributed by atoms with E-state index in [1.165, 1.54) is 11.8 Å². The van der Waals surface area contributed by atoms with E-state index in [9.17, 15) is 37.3 Å². The molecule has 0 spiro atoms. The van der Waals surface area contributed by atoms with Crippen molar-refractivity contribution >= 4 is 11.8 Å². The molecule has 2 saturated carbocycles. The molecule has 10 heteroatoms. The highest BCUT2D eigenvalue weighted by Crippen LogP contribution is 2.65. The number of aliphatic hydroxyl groups excluding tert-OH is 2. The van der Waals surface area contributed by atoms with Crippen molar-refractivity contribution in [3.8, 4) is 5.75 Å². The van der Waals surface area contributed by atoms with Crippen LogP contribution in [-0.2, 0) is 0 Å². The number of benzene rings is 1. The Bertz CT molecular complexity index is 1100. The fourth-order valence-corrected chi connectivity index (χ4v) is 9.04. The van der Waals surface area contributed by atoms with Gasteiger partial charge in [-0.3, -0.25) is 0 Å². The lowest BCUT2D eigenvalue weighted by molar-refractivity contribution is -0.284. The standard InChI is InChI=1S/C33H48F5NO3S/c1-21-28(41)20-27-29-24(12-14-31(21,27)2)23-11-10-22(40)19-26(23)30(42)25(29)9-5-4-6-15-39(3)16-8-18-43-17-7-13-32(34,35)33(36,37)38/h10-11,19,24-25,27-30,40-42H,1,4-9,12-18,20H2,2-3H3/t24?,25-,27?,28+,29?,30-,31+/m0/s1. The van der Waals surface area contributed by atoms with Crippen molar-refractivity contribution in [2.45, 2.75) is 101 Å². The van der Waals surface area contributed by atoms with Crippen LogP contribution in [0.2, 0.25) is 0 Å². The van der Waals surface area contributed by atoms with Crippen molar-refractivity contribution in [2.75, 3.05) is 31.6 Å². The Kier molecular flexibility index (Phi) is 11.2. The zero-order valence-corrected chi connectivity index (χ0v) is 26.2. The number of fused-ring (bicyclic) bond motifs is 5. The first-order valence-corrected chi connectivity index (χ1v) is 16.9. The molecule has 0 heterocycles. The van der Waals surface area contributed by atoms with Crippen molar-refractivity contribution < 1.29 is 37.3 Å². The van der Waals surface area contributed by atoms with E-state index in [-0.39, 0.29) is 35.3 Å². The van der Waals surface area contributed by atoms with Crippen LogP contribution in [0.5, 0.6) is 5.75 Å². The van der Waals surface area contributed by atoms with Gasteiger partial charge in [-0.2, -0.15) is 33.7 Å². The Morgan fingerprint density at radius 3 is 2.42 bits per heavy atom. The monoisotopic (exact) mass is 633 g/mol. The Balaban J connectivity index is 1.22. The molecule has 4 nitrogen and oxygen atoms in total. The van der Waals surface area contributed by atoms with Crippen LogP contribution in [0.3, 0.4) is 0 Å². The van der Waals surface area contributed by atoms with Gasteiger partial charge in [-0.1, -0.05) is 32.4 Å². The van der Waals surface area contributed by atoms with Gasteiger partial charge in [0.1, 0.15) is 5.75 Å². The second-order valence-corrected chi connectivity index (χ2v) is 14.6. The van der Waals surface area contributed by atoms with Crippen molar-refractivity contribution in [1.82, 2.24) is 4.90 Å². The molecule has 3 unspecified atom stereocenters. The Hall–Kier alpha value is -1.36. The number of unbranched alkanes of at least 4 members (excludes halogenated alkanes) is 2. The largest absolute Gasteiger partial charge is 0.508 e. The minimum absolute atomic E-state index is 0.0489. The van der Waals surface area contributed by atoms with Crippen LogP contribution in [0.25, 0.3) is 0 Å². The number of rotatable bonds is 14. The molecule has 0 amide bonds. The molecule has 3 N–H and O–H groups in total. The zero-order valence-electron chi connectivity index (χ0n) is 25.4. The maximum absolute atomic E-state index is 13.0. The Morgan fingerprint density at radius 1 is 1.00 bits per heavy atom. The van der Waals surface area contributed by atoms with Gasteiger partial charge in [0.15, 0.2) is 0 Å². The van der Waals surface area contributed by atoms with Crippen LogP contribution in [0.4, 0.5) is 22.0 Å². The number of aliphatic hydroxyl groups is 2. The molecule has 0 bridgehead atoms. The molecule has 0 aromatic heterocycles. The molecule has 0 radical (unpaired) electrons. The van der Waals surface area contributed by atoms with Gasteiger partial charge >= 0.3 is 12.1 Å². The molecular formula is C33H48F5NO3S. The molecule has 2 fully saturated rings. The van der Waals surface area contributed by atoms with E-state index in [1.807, 2.05) is 13.1 Å². The highest BCUT2D eigenvalue weighted by atomic mass is 32.2. The third-order valence-corrected chi connectivity index (χ3v) is 11.8. The van der Waals surface area contributed by atoms with Gasteiger partial charge in [-0.25, -0.2) is 0 Å². The number of hydrogen-bond acceptors (Lipinski definition) is 5. The van der Waals surface area contributed by atoms with Gasteiger partial charge in [0.05, 0.1) is 12.2 Å². The smallest absolute Gasteiger partial charge is 0.453 e. The number of thioether (sulfide) groups is 1. The van der Waals surface area contributed by atoms with Crippen LogP contribution in [-0.4, -0.2) is 70.1 Å². The van der Waals surface area contributed by atoms with Gasteiger partial charge < -0.3 is 20.2 Å². The molecule has 7 atom stereocenters. The number of phenols is 1. The number of halogens is 5. The quantitative estimate of drug-likeness (QED) is 0.110. The summed E-state index contributed by atoms with van der Waals surface area (Å²) in [5, 5.41) is 32.6. The molecular weight excluding hydrogens is 585 g/mol. The predicted octanol–water partition coefficient (Wildman–Crippen LogP) is 8.09. The van der Waals surface area contributed by atoms with Crippen molar-refractivity contribution in [3.05, 3.63) is 41.5 Å². The van der Waals surface area contributed by atoms with E-state index in [0.29, 0.717) is 18.1 Å². The summed E-state index contributed by atoms with van der Waals surface area (Å²) in [6.07, 6.45) is -0.602. The third-order valence-electron chi connectivity index (χ3n) is 10.6. The highest BCUT2D eigenvalue weighted by molar-refractivity contribution is 7.99. The van der Waals surface area contributed by atoms with E-state index >= 15 is 0 Å². The fourth-order valence-electron chi connectivity index (χ4n) is 8.15. The van der Waals surface area contributed by atoms with Gasteiger partial charge in [-0.15, -0.1) is 0 Å². The van der Waals surface area contributed by atoms with Crippen LogP contribution < -0.4 is 0 Å². The lowest BCUT2D eigenvalue weighted by atomic mass is 9.51. The summed E-state index contributed by atoms with van der Waals surface area (Å²) in [4.78, 5) is 2.22. The maximum Gasteiger partial charge on any atom is 0.453 e. The Morgan fingerprint density at radius 2 is 1.70 bits per heavy atom. The molecule has 43 heavy (non-hydrogen) atoms. The van der Waals surface area contributed by atoms with Gasteiger partial charge in [0.2, 0.25) is 0 Å². The van der Waals surface area contributed by atoms with Gasteiger partial charge in [0.25, 0.3) is 0 Å². The van der Waals surface area contributed by atoms with Crippen LogP contribution in [0.15, 0.2) is 30.4 Å². The second kappa shape index (κ2) is 14.0. The summed E-state index contributed by atoms with van der Waals surface area (Å²) in [6.45, 7) is 8.26. The summed E-state index contributed by atoms with van der Waals surface area (Å²) in [7, 11) is 2.04. The predicted molar refractivity (Wildman–Crippen MR) is 162 cm³/mol. The summed E-state index contributed by atoms with van der Waals surface area (Å²) >= 11 is 1.42. The van der Waals surface area contributed by atoms with Crippen molar-refractivity contribution in [1.29, 1.82) is 0 Å². The number of phenolic OH excluding ortho intramolecular Hbond substituents is 1.